The molecule has 1 heterocycles. The molecule has 1 aromatic heterocycles. The second kappa shape index (κ2) is 10.3. The Balaban J connectivity index is 1.71. The number of benzene rings is 2. The number of carbonyl (C=O) groups is 1. The molecule has 0 saturated heterocycles. The smallest absolute Gasteiger partial charge is 0.254 e. The fourth-order valence-corrected chi connectivity index (χ4v) is 3.08. The largest absolute Gasteiger partial charge is 0.493 e. The van der Waals surface area contributed by atoms with Crippen LogP contribution in [0.15, 0.2) is 67.0 Å². The minimum atomic E-state index is -0.0564. The fraction of sp³-hybridized carbons (Fsp3) is 0.250. The van der Waals surface area contributed by atoms with E-state index in [0.29, 0.717) is 42.5 Å². The van der Waals surface area contributed by atoms with Gasteiger partial charge in [-0.15, -0.1) is 0 Å². The van der Waals surface area contributed by atoms with Gasteiger partial charge in [0.05, 0.1) is 14.2 Å². The normalized spacial score (nSPS) is 10.4. The lowest BCUT2D eigenvalue weighted by Crippen LogP contribution is -2.30. The molecule has 0 radical (unpaired) electrons. The molecule has 0 aliphatic carbocycles. The lowest BCUT2D eigenvalue weighted by atomic mass is 10.1. The van der Waals surface area contributed by atoms with Crippen LogP contribution in [0, 0.1) is 0 Å². The quantitative estimate of drug-likeness (QED) is 0.529. The summed E-state index contributed by atoms with van der Waals surface area (Å²) in [5, 5.41) is 0. The average Bonchev–Trinajstić information content (AvgIpc) is 2.81. The van der Waals surface area contributed by atoms with E-state index < -0.39 is 0 Å². The van der Waals surface area contributed by atoms with E-state index in [9.17, 15) is 4.79 Å². The molecule has 2 aromatic carbocycles. The maximum atomic E-state index is 13.1. The molecule has 6 heteroatoms. The molecule has 156 valence electrons. The summed E-state index contributed by atoms with van der Waals surface area (Å²) >= 11 is 0. The molecule has 0 atom stereocenters. The van der Waals surface area contributed by atoms with E-state index in [0.717, 1.165) is 11.1 Å². The van der Waals surface area contributed by atoms with Gasteiger partial charge in [-0.1, -0.05) is 18.2 Å². The fourth-order valence-electron chi connectivity index (χ4n) is 3.08. The van der Waals surface area contributed by atoms with E-state index in [4.69, 9.17) is 14.2 Å². The van der Waals surface area contributed by atoms with E-state index in [-0.39, 0.29) is 5.91 Å². The molecule has 1 amide bonds. The Bertz CT molecular complexity index is 976. The van der Waals surface area contributed by atoms with Crippen LogP contribution in [0.1, 0.15) is 28.4 Å². The van der Waals surface area contributed by atoms with E-state index in [2.05, 4.69) is 4.98 Å². The topological polar surface area (TPSA) is 60.9 Å². The van der Waals surface area contributed by atoms with Crippen LogP contribution in [0.3, 0.4) is 0 Å². The predicted octanol–water partition coefficient (Wildman–Crippen LogP) is 4.34. The van der Waals surface area contributed by atoms with Gasteiger partial charge in [-0.05, 0) is 48.9 Å². The molecule has 0 aliphatic heterocycles. The summed E-state index contributed by atoms with van der Waals surface area (Å²) in [7, 11) is 3.20. The third-order valence-electron chi connectivity index (χ3n) is 4.70. The zero-order chi connectivity index (χ0) is 21.3. The van der Waals surface area contributed by atoms with E-state index in [1.165, 1.54) is 0 Å². The molecule has 0 unspecified atom stereocenters. The molecule has 0 N–H and O–H groups in total. The highest BCUT2D eigenvalue weighted by molar-refractivity contribution is 5.94. The van der Waals surface area contributed by atoms with Gasteiger partial charge in [0.15, 0.2) is 11.5 Å². The van der Waals surface area contributed by atoms with Crippen molar-refractivity contribution < 1.29 is 19.0 Å². The number of methoxy groups -OCH3 is 2. The van der Waals surface area contributed by atoms with Crippen LogP contribution < -0.4 is 14.2 Å². The number of pyridine rings is 1. The van der Waals surface area contributed by atoms with Gasteiger partial charge in [0.25, 0.3) is 5.91 Å². The van der Waals surface area contributed by atoms with Crippen LogP contribution in [0.4, 0.5) is 0 Å². The standard InChI is InChI=1S/C24H26N2O4/c1-4-26(16-18-10-11-22(28-2)23(13-18)29-3)24(27)20-8-5-9-21(14-20)30-17-19-7-6-12-25-15-19/h5-15H,4,16-17H2,1-3H3. The Morgan fingerprint density at radius 2 is 1.80 bits per heavy atom. The monoisotopic (exact) mass is 406 g/mol. The van der Waals surface area contributed by atoms with Crippen molar-refractivity contribution in [1.29, 1.82) is 0 Å². The Kier molecular flexibility index (Phi) is 7.27. The number of aromatic nitrogens is 1. The van der Waals surface area contributed by atoms with Gasteiger partial charge < -0.3 is 19.1 Å². The van der Waals surface area contributed by atoms with Crippen LogP contribution >= 0.6 is 0 Å². The number of hydrogen-bond acceptors (Lipinski definition) is 5. The summed E-state index contributed by atoms with van der Waals surface area (Å²) in [6.07, 6.45) is 3.48. The van der Waals surface area contributed by atoms with Gasteiger partial charge in [-0.3, -0.25) is 9.78 Å². The SMILES string of the molecule is CCN(Cc1ccc(OC)c(OC)c1)C(=O)c1cccc(OCc2cccnc2)c1. The molecule has 6 nitrogen and oxygen atoms in total. The summed E-state index contributed by atoms with van der Waals surface area (Å²) < 4.78 is 16.5. The molecule has 30 heavy (non-hydrogen) atoms. The second-order valence-corrected chi connectivity index (χ2v) is 6.69. The summed E-state index contributed by atoms with van der Waals surface area (Å²) in [6, 6.07) is 16.7. The molecular formula is C24H26N2O4. The number of nitrogens with zero attached hydrogens (tertiary/aromatic N) is 2. The highest BCUT2D eigenvalue weighted by Crippen LogP contribution is 2.28. The maximum Gasteiger partial charge on any atom is 0.254 e. The summed E-state index contributed by atoms with van der Waals surface area (Å²) in [5.74, 6) is 1.89. The third-order valence-corrected chi connectivity index (χ3v) is 4.70. The van der Waals surface area contributed by atoms with Crippen LogP contribution in [0.2, 0.25) is 0 Å². The number of rotatable bonds is 9. The first kappa shape index (κ1) is 21.2. The van der Waals surface area contributed by atoms with Crippen molar-refractivity contribution in [3.8, 4) is 17.2 Å². The molecule has 3 aromatic rings. The minimum absolute atomic E-state index is 0.0564. The molecule has 0 bridgehead atoms. The summed E-state index contributed by atoms with van der Waals surface area (Å²) in [5.41, 5.74) is 2.52. The van der Waals surface area contributed by atoms with Crippen LogP contribution in [-0.4, -0.2) is 36.6 Å². The first-order chi connectivity index (χ1) is 14.6. The molecule has 0 spiro atoms. The number of hydrogen-bond donors (Lipinski definition) is 0. The van der Waals surface area contributed by atoms with Gasteiger partial charge in [-0.2, -0.15) is 0 Å². The Labute approximate surface area is 177 Å². The zero-order valence-electron chi connectivity index (χ0n) is 17.5. The van der Waals surface area contributed by atoms with Crippen molar-refractivity contribution in [2.75, 3.05) is 20.8 Å². The number of ether oxygens (including phenoxy) is 3. The first-order valence-electron chi connectivity index (χ1n) is 9.76. The predicted molar refractivity (Wildman–Crippen MR) is 115 cm³/mol. The summed E-state index contributed by atoms with van der Waals surface area (Å²) in [4.78, 5) is 19.0. The maximum absolute atomic E-state index is 13.1. The lowest BCUT2D eigenvalue weighted by Gasteiger charge is -2.22. The highest BCUT2D eigenvalue weighted by Gasteiger charge is 2.16. The lowest BCUT2D eigenvalue weighted by molar-refractivity contribution is 0.0752. The van der Waals surface area contributed by atoms with Gasteiger partial charge in [-0.25, -0.2) is 0 Å². The zero-order valence-corrected chi connectivity index (χ0v) is 17.5. The second-order valence-electron chi connectivity index (χ2n) is 6.69. The molecule has 0 fully saturated rings. The highest BCUT2D eigenvalue weighted by atomic mass is 16.5. The van der Waals surface area contributed by atoms with E-state index in [1.54, 1.807) is 43.6 Å². The average molecular weight is 406 g/mol. The molecule has 0 aliphatic rings. The number of carbonyl (C=O) groups excluding carboxylic acids is 1. The van der Waals surface area contributed by atoms with Crippen molar-refractivity contribution in [2.45, 2.75) is 20.1 Å². The summed E-state index contributed by atoms with van der Waals surface area (Å²) in [6.45, 7) is 3.40. The van der Waals surface area contributed by atoms with Gasteiger partial charge in [0.1, 0.15) is 12.4 Å². The van der Waals surface area contributed by atoms with E-state index >= 15 is 0 Å². The van der Waals surface area contributed by atoms with Crippen molar-refractivity contribution >= 4 is 5.91 Å². The third kappa shape index (κ3) is 5.29. The van der Waals surface area contributed by atoms with Crippen molar-refractivity contribution in [3.63, 3.8) is 0 Å². The van der Waals surface area contributed by atoms with Crippen molar-refractivity contribution in [1.82, 2.24) is 9.88 Å². The van der Waals surface area contributed by atoms with E-state index in [1.807, 2.05) is 49.4 Å². The first-order valence-corrected chi connectivity index (χ1v) is 9.76. The van der Waals surface area contributed by atoms with Crippen molar-refractivity contribution in [3.05, 3.63) is 83.7 Å². The minimum Gasteiger partial charge on any atom is -0.493 e. The Morgan fingerprint density at radius 3 is 2.50 bits per heavy atom. The molecular weight excluding hydrogens is 380 g/mol. The van der Waals surface area contributed by atoms with Crippen LogP contribution in [0.25, 0.3) is 0 Å². The molecule has 3 rings (SSSR count). The Morgan fingerprint density at radius 1 is 0.967 bits per heavy atom. The van der Waals surface area contributed by atoms with Crippen LogP contribution in [0.5, 0.6) is 17.2 Å². The number of amides is 1. The van der Waals surface area contributed by atoms with Gasteiger partial charge in [0.2, 0.25) is 0 Å². The molecule has 0 saturated carbocycles. The Hall–Kier alpha value is -3.54. The van der Waals surface area contributed by atoms with Crippen LogP contribution in [-0.2, 0) is 13.2 Å². The van der Waals surface area contributed by atoms with Crippen molar-refractivity contribution in [2.24, 2.45) is 0 Å². The van der Waals surface area contributed by atoms with Gasteiger partial charge in [0, 0.05) is 36.6 Å². The van der Waals surface area contributed by atoms with Gasteiger partial charge >= 0.3 is 0 Å².